The van der Waals surface area contributed by atoms with Crippen LogP contribution < -0.4 is 10.2 Å². The van der Waals surface area contributed by atoms with Gasteiger partial charge in [-0.2, -0.15) is 4.31 Å². The van der Waals surface area contributed by atoms with E-state index in [1.807, 2.05) is 0 Å². The third kappa shape index (κ3) is 2.58. The van der Waals surface area contributed by atoms with Crippen LogP contribution in [0.2, 0.25) is 0 Å². The number of hydrogen-bond acceptors (Lipinski definition) is 7. The van der Waals surface area contributed by atoms with Gasteiger partial charge in [-0.05, 0) is 12.8 Å². The third-order valence-electron chi connectivity index (χ3n) is 3.08. The summed E-state index contributed by atoms with van der Waals surface area (Å²) in [5, 5.41) is 5.86. The number of rotatable bonds is 0. The minimum atomic E-state index is -4.59. The smallest absolute Gasteiger partial charge is 0.300 e. The maximum absolute atomic E-state index is 11.5. The van der Waals surface area contributed by atoms with Crippen molar-refractivity contribution in [3.05, 3.63) is 0 Å². The molecule has 0 aromatic rings. The molecular formula is C6H14N2O7P3+. The fraction of sp³-hybridized carbons (Fsp3) is 1.00. The largest absolute Gasteiger partial charge is 0.520 e. The lowest BCUT2D eigenvalue weighted by molar-refractivity contribution is 0.197. The zero-order valence-electron chi connectivity index (χ0n) is 9.26. The van der Waals surface area contributed by atoms with E-state index in [4.69, 9.17) is 8.62 Å². The summed E-state index contributed by atoms with van der Waals surface area (Å²) in [6, 6.07) is 0.0374. The molecule has 1 spiro atoms. The Labute approximate surface area is 104 Å². The van der Waals surface area contributed by atoms with Gasteiger partial charge in [0.1, 0.15) is 0 Å². The van der Waals surface area contributed by atoms with Crippen LogP contribution in [0.3, 0.4) is 0 Å². The first-order valence-electron chi connectivity index (χ1n) is 5.53. The van der Waals surface area contributed by atoms with Crippen LogP contribution in [-0.4, -0.2) is 21.9 Å². The molecule has 12 heteroatoms. The number of nitrogens with one attached hydrogen (secondary N) is 2. The molecule has 0 bridgehead atoms. The van der Waals surface area contributed by atoms with Gasteiger partial charge in [0.25, 0.3) is 0 Å². The zero-order chi connectivity index (χ0) is 13.0. The Hall–Kier alpha value is 0.610. The van der Waals surface area contributed by atoms with Gasteiger partial charge in [0.15, 0.2) is 0 Å². The van der Waals surface area contributed by atoms with Crippen LogP contribution in [0, 0.1) is 0 Å². The van der Waals surface area contributed by atoms with Crippen LogP contribution in [0.25, 0.3) is 0 Å². The minimum Gasteiger partial charge on any atom is -0.300 e. The predicted molar refractivity (Wildman–Crippen MR) is 62.1 cm³/mol. The highest BCUT2D eigenvalue weighted by Gasteiger charge is 2.69. The Morgan fingerprint density at radius 1 is 1.00 bits per heavy atom. The van der Waals surface area contributed by atoms with E-state index in [9.17, 15) is 18.9 Å². The predicted octanol–water partition coefficient (Wildman–Crippen LogP) is 1.43. The molecule has 4 atom stereocenters. The van der Waals surface area contributed by atoms with Crippen molar-refractivity contribution in [2.24, 2.45) is 0 Å². The second-order valence-corrected chi connectivity index (χ2v) is 9.94. The van der Waals surface area contributed by atoms with E-state index in [1.165, 1.54) is 0 Å². The first kappa shape index (κ1) is 13.6. The highest BCUT2D eigenvalue weighted by atomic mass is 31.3. The van der Waals surface area contributed by atoms with Crippen LogP contribution >= 0.6 is 23.7 Å². The molecular weight excluding hydrogens is 305 g/mol. The molecule has 104 valence electrons. The van der Waals surface area contributed by atoms with Gasteiger partial charge >= 0.3 is 23.7 Å². The lowest BCUT2D eigenvalue weighted by Crippen LogP contribution is -2.36. The molecule has 18 heavy (non-hydrogen) atoms. The Morgan fingerprint density at radius 3 is 1.89 bits per heavy atom. The molecule has 0 aromatic heterocycles. The zero-order valence-corrected chi connectivity index (χ0v) is 11.9. The van der Waals surface area contributed by atoms with Crippen molar-refractivity contribution in [1.29, 1.82) is 0 Å². The number of fused-ring (bicyclic) bond motifs is 1. The summed E-state index contributed by atoms with van der Waals surface area (Å²) in [6.07, 6.45) is 3.77. The van der Waals surface area contributed by atoms with Crippen molar-refractivity contribution in [3.63, 3.8) is 0 Å². The first-order valence-corrected chi connectivity index (χ1v) is 10.2. The van der Waals surface area contributed by atoms with E-state index >= 15 is 0 Å². The highest BCUT2D eigenvalue weighted by Crippen LogP contribution is 2.83. The summed E-state index contributed by atoms with van der Waals surface area (Å²) in [6.45, 7) is 0. The molecule has 4 N–H and O–H groups in total. The molecule has 2 saturated heterocycles. The quantitative estimate of drug-likeness (QED) is 0.490. The van der Waals surface area contributed by atoms with Gasteiger partial charge in [-0.15, -0.1) is 10.2 Å². The van der Waals surface area contributed by atoms with Crippen LogP contribution in [-0.2, 0) is 22.1 Å². The fourth-order valence-corrected chi connectivity index (χ4v) is 9.32. The van der Waals surface area contributed by atoms with E-state index < -0.39 is 23.7 Å². The summed E-state index contributed by atoms with van der Waals surface area (Å²) >= 11 is 0. The summed E-state index contributed by atoms with van der Waals surface area (Å²) in [5.74, 6) is 0. The molecule has 0 radical (unpaired) electrons. The first-order chi connectivity index (χ1) is 8.29. The summed E-state index contributed by atoms with van der Waals surface area (Å²) in [7, 11) is -12.4. The highest BCUT2D eigenvalue weighted by molar-refractivity contribution is 7.80. The Kier molecular flexibility index (Phi) is 3.25. The van der Waals surface area contributed by atoms with Crippen molar-refractivity contribution < 1.29 is 31.8 Å². The van der Waals surface area contributed by atoms with Gasteiger partial charge in [-0.25, -0.2) is 9.13 Å². The van der Waals surface area contributed by atoms with E-state index in [1.54, 1.807) is 0 Å². The Balaban J connectivity index is 1.87. The molecule has 2 heterocycles. The van der Waals surface area contributed by atoms with Gasteiger partial charge in [-0.1, -0.05) is 21.5 Å². The summed E-state index contributed by atoms with van der Waals surface area (Å²) in [4.78, 5) is 18.6. The van der Waals surface area contributed by atoms with Crippen LogP contribution in [0.15, 0.2) is 0 Å². The topological polar surface area (TPSA) is 126 Å². The average Bonchev–Trinajstić information content (AvgIpc) is 2.48. The Bertz CT molecular complexity index is 418. The molecule has 2 aliphatic heterocycles. The standard InChI is InChI=1S/C6H13N2O7P3/c9-17(10)13-16(14-18(11,12)15-17)7-5-3-1-2-4-6(5)8-16/h5-8H,1-4H2,(H-,9,10,11,12)/p+1/t5-,6-/m1/s1. The van der Waals surface area contributed by atoms with Crippen molar-refractivity contribution in [1.82, 2.24) is 10.2 Å². The molecule has 3 rings (SSSR count). The van der Waals surface area contributed by atoms with Gasteiger partial charge in [-0.3, -0.25) is 9.79 Å². The maximum Gasteiger partial charge on any atom is 0.520 e. The molecule has 3 fully saturated rings. The van der Waals surface area contributed by atoms with Gasteiger partial charge < -0.3 is 0 Å². The Morgan fingerprint density at radius 2 is 1.44 bits per heavy atom. The van der Waals surface area contributed by atoms with Crippen molar-refractivity contribution >= 4 is 23.7 Å². The monoisotopic (exact) mass is 319 g/mol. The minimum absolute atomic E-state index is 0.0187. The van der Waals surface area contributed by atoms with Gasteiger partial charge in [0, 0.05) is 0 Å². The van der Waals surface area contributed by atoms with E-state index in [2.05, 4.69) is 14.5 Å². The van der Waals surface area contributed by atoms with Crippen molar-refractivity contribution in [2.75, 3.05) is 0 Å². The fourth-order valence-electron chi connectivity index (χ4n) is 2.47. The van der Waals surface area contributed by atoms with E-state index in [0.717, 1.165) is 25.7 Å². The SMILES string of the molecule is O=P1(O)OP(=O)(O)O[P+]2(N[C@@H]3CCCC[C@H]3N2)O1. The molecule has 0 amide bonds. The van der Waals surface area contributed by atoms with Crippen molar-refractivity contribution in [2.45, 2.75) is 37.8 Å². The van der Waals surface area contributed by atoms with Gasteiger partial charge in [0.05, 0.1) is 12.1 Å². The molecule has 9 nitrogen and oxygen atoms in total. The molecule has 1 aliphatic carbocycles. The molecule has 2 unspecified atom stereocenters. The third-order valence-corrected chi connectivity index (χ3v) is 9.56. The lowest BCUT2D eigenvalue weighted by atomic mass is 9.92. The average molecular weight is 319 g/mol. The van der Waals surface area contributed by atoms with Crippen molar-refractivity contribution in [3.8, 4) is 0 Å². The van der Waals surface area contributed by atoms with Crippen LogP contribution in [0.4, 0.5) is 0 Å². The number of phosphoric acid groups is 2. The van der Waals surface area contributed by atoms with Gasteiger partial charge in [0.2, 0.25) is 0 Å². The van der Waals surface area contributed by atoms with E-state index in [-0.39, 0.29) is 12.1 Å². The molecule has 0 aromatic carbocycles. The summed E-state index contributed by atoms with van der Waals surface area (Å²) in [5.41, 5.74) is 0. The van der Waals surface area contributed by atoms with Crippen LogP contribution in [0.1, 0.15) is 25.7 Å². The number of hydrogen-bond donors (Lipinski definition) is 4. The summed E-state index contributed by atoms with van der Waals surface area (Å²) < 4.78 is 36.7. The second-order valence-electron chi connectivity index (χ2n) is 4.49. The normalized spacial score (nSPS) is 56.6. The lowest BCUT2D eigenvalue weighted by Gasteiger charge is -2.26. The van der Waals surface area contributed by atoms with Crippen LogP contribution in [0.5, 0.6) is 0 Å². The van der Waals surface area contributed by atoms with E-state index in [0.29, 0.717) is 0 Å². The molecule has 1 saturated carbocycles. The second kappa shape index (κ2) is 4.30. The molecule has 3 aliphatic rings. The maximum atomic E-state index is 11.5.